The molecule has 1 aromatic carbocycles. The van der Waals surface area contributed by atoms with Crippen molar-refractivity contribution >= 4 is 11.9 Å². The van der Waals surface area contributed by atoms with Crippen molar-refractivity contribution in [3.8, 4) is 17.2 Å². The number of hydrogen-bond acceptors (Lipinski definition) is 6. The Bertz CT molecular complexity index is 898. The Morgan fingerprint density at radius 2 is 1.57 bits per heavy atom. The van der Waals surface area contributed by atoms with E-state index in [-0.39, 0.29) is 24.4 Å². The molecule has 0 radical (unpaired) electrons. The first-order valence-corrected chi connectivity index (χ1v) is 13.6. The Kier molecular flexibility index (Phi) is 11.4. The molecule has 1 aliphatic carbocycles. The lowest BCUT2D eigenvalue weighted by atomic mass is 9.75. The Labute approximate surface area is 221 Å². The summed E-state index contributed by atoms with van der Waals surface area (Å²) in [7, 11) is 3.19. The van der Waals surface area contributed by atoms with E-state index in [1.807, 2.05) is 12.1 Å². The van der Waals surface area contributed by atoms with E-state index >= 15 is 0 Å². The summed E-state index contributed by atoms with van der Waals surface area (Å²) >= 11 is 0. The van der Waals surface area contributed by atoms with Crippen molar-refractivity contribution in [1.82, 2.24) is 4.90 Å². The van der Waals surface area contributed by atoms with Crippen molar-refractivity contribution in [3.05, 3.63) is 43.0 Å². The summed E-state index contributed by atoms with van der Waals surface area (Å²) in [6.07, 6.45) is 12.5. The van der Waals surface area contributed by atoms with Gasteiger partial charge in [0.1, 0.15) is 6.04 Å². The smallest absolute Gasteiger partial charge is 0.328 e. The molecule has 0 unspecified atom stereocenters. The van der Waals surface area contributed by atoms with Crippen molar-refractivity contribution in [2.45, 2.75) is 76.2 Å². The minimum atomic E-state index is -0.553. The third-order valence-corrected chi connectivity index (χ3v) is 7.42. The Balaban J connectivity index is 1.97. The minimum absolute atomic E-state index is 0.0123. The standard InChI is InChI=1S/C30H43NO6/c1-5-7-18-36-28-25(34-3)20-23(21-26(28)35-4)27(22-14-10-9-11-15-22)29(32)31-17-13-12-16-24(31)30(33)37-19-8-6-2/h5-6,20-22,24,27H,1-2,7-19H2,3-4H3/t24-,27-/m0/s1. The fourth-order valence-corrected chi connectivity index (χ4v) is 5.51. The number of carbonyl (C=O) groups is 2. The average molecular weight is 514 g/mol. The van der Waals surface area contributed by atoms with Gasteiger partial charge in [0.25, 0.3) is 0 Å². The van der Waals surface area contributed by atoms with E-state index in [1.165, 1.54) is 6.42 Å². The number of rotatable bonds is 13. The molecule has 1 heterocycles. The van der Waals surface area contributed by atoms with Crippen molar-refractivity contribution in [3.63, 3.8) is 0 Å². The molecule has 37 heavy (non-hydrogen) atoms. The fourth-order valence-electron chi connectivity index (χ4n) is 5.51. The molecular weight excluding hydrogens is 470 g/mol. The summed E-state index contributed by atoms with van der Waals surface area (Å²) in [6, 6.07) is 3.26. The van der Waals surface area contributed by atoms with Crippen LogP contribution >= 0.6 is 0 Å². The second-order valence-electron chi connectivity index (χ2n) is 9.84. The summed E-state index contributed by atoms with van der Waals surface area (Å²) in [5.74, 6) is 1.04. The largest absolute Gasteiger partial charge is 0.493 e. The number of benzene rings is 1. The first-order valence-electron chi connectivity index (χ1n) is 13.6. The second-order valence-corrected chi connectivity index (χ2v) is 9.84. The Morgan fingerprint density at radius 3 is 2.19 bits per heavy atom. The number of amides is 1. The molecule has 1 amide bonds. The number of likely N-dealkylation sites (tertiary alicyclic amines) is 1. The maximum atomic E-state index is 14.3. The second kappa shape index (κ2) is 14.7. The predicted molar refractivity (Wildman–Crippen MR) is 144 cm³/mol. The third kappa shape index (κ3) is 7.30. The SMILES string of the molecule is C=CCCOC(=O)[C@@H]1CCCCN1C(=O)[C@H](c1cc(OC)c(OCCC=C)c(OC)c1)C1CCCCC1. The summed E-state index contributed by atoms with van der Waals surface area (Å²) in [6.45, 7) is 8.73. The zero-order chi connectivity index (χ0) is 26.6. The molecule has 0 N–H and O–H groups in total. The predicted octanol–water partition coefficient (Wildman–Crippen LogP) is 5.82. The molecule has 0 spiro atoms. The molecule has 1 saturated heterocycles. The molecule has 2 atom stereocenters. The Hall–Kier alpha value is -2.96. The highest BCUT2D eigenvalue weighted by molar-refractivity contribution is 5.89. The molecule has 3 rings (SSSR count). The first kappa shape index (κ1) is 28.6. The van der Waals surface area contributed by atoms with Crippen molar-refractivity contribution in [1.29, 1.82) is 0 Å². The molecule has 2 aliphatic rings. The van der Waals surface area contributed by atoms with Gasteiger partial charge in [0.2, 0.25) is 11.7 Å². The molecule has 0 bridgehead atoms. The molecule has 1 aliphatic heterocycles. The summed E-state index contributed by atoms with van der Waals surface area (Å²) in [4.78, 5) is 29.1. The number of esters is 1. The lowest BCUT2D eigenvalue weighted by Crippen LogP contribution is -2.51. The van der Waals surface area contributed by atoms with Crippen LogP contribution in [0, 0.1) is 5.92 Å². The maximum Gasteiger partial charge on any atom is 0.328 e. The molecule has 204 valence electrons. The van der Waals surface area contributed by atoms with Gasteiger partial charge in [-0.05, 0) is 68.6 Å². The van der Waals surface area contributed by atoms with Crippen LogP contribution < -0.4 is 14.2 Å². The molecule has 7 nitrogen and oxygen atoms in total. The summed E-state index contributed by atoms with van der Waals surface area (Å²) in [5, 5.41) is 0. The fraction of sp³-hybridized carbons (Fsp3) is 0.600. The highest BCUT2D eigenvalue weighted by Gasteiger charge is 2.40. The van der Waals surface area contributed by atoms with Crippen LogP contribution in [0.15, 0.2) is 37.4 Å². The van der Waals surface area contributed by atoms with Gasteiger partial charge in [0.15, 0.2) is 11.5 Å². The van der Waals surface area contributed by atoms with E-state index in [0.717, 1.165) is 44.1 Å². The molecule has 1 saturated carbocycles. The third-order valence-electron chi connectivity index (χ3n) is 7.42. The first-order chi connectivity index (χ1) is 18.0. The van der Waals surface area contributed by atoms with Crippen LogP contribution in [-0.2, 0) is 14.3 Å². The van der Waals surface area contributed by atoms with E-state index in [1.54, 1.807) is 31.3 Å². The van der Waals surface area contributed by atoms with Gasteiger partial charge in [-0.2, -0.15) is 0 Å². The van der Waals surface area contributed by atoms with E-state index in [4.69, 9.17) is 18.9 Å². The molecule has 1 aromatic rings. The minimum Gasteiger partial charge on any atom is -0.493 e. The van der Waals surface area contributed by atoms with Crippen LogP contribution in [-0.4, -0.2) is 56.8 Å². The van der Waals surface area contributed by atoms with Gasteiger partial charge in [-0.25, -0.2) is 4.79 Å². The topological polar surface area (TPSA) is 74.3 Å². The highest BCUT2D eigenvalue weighted by atomic mass is 16.5. The lowest BCUT2D eigenvalue weighted by molar-refractivity contribution is -0.158. The molecule has 7 heteroatoms. The van der Waals surface area contributed by atoms with Crippen LogP contribution in [0.2, 0.25) is 0 Å². The number of ether oxygens (including phenoxy) is 4. The summed E-state index contributed by atoms with van der Waals surface area (Å²) < 4.78 is 22.9. The van der Waals surface area contributed by atoms with Crippen molar-refractivity contribution < 1.29 is 28.5 Å². The van der Waals surface area contributed by atoms with Crippen molar-refractivity contribution in [2.24, 2.45) is 5.92 Å². The zero-order valence-corrected chi connectivity index (χ0v) is 22.5. The number of nitrogens with zero attached hydrogens (tertiary/aromatic N) is 1. The number of methoxy groups -OCH3 is 2. The monoisotopic (exact) mass is 513 g/mol. The van der Waals surface area contributed by atoms with E-state index in [9.17, 15) is 9.59 Å². The van der Waals surface area contributed by atoms with E-state index < -0.39 is 12.0 Å². The lowest BCUT2D eigenvalue weighted by Gasteiger charge is -2.39. The van der Waals surface area contributed by atoms with Gasteiger partial charge in [-0.15, -0.1) is 13.2 Å². The molecule has 2 fully saturated rings. The van der Waals surface area contributed by atoms with Gasteiger partial charge in [0.05, 0.1) is 33.4 Å². The van der Waals surface area contributed by atoms with Gasteiger partial charge in [-0.3, -0.25) is 4.79 Å². The van der Waals surface area contributed by atoms with Crippen LogP contribution in [0.5, 0.6) is 17.2 Å². The maximum absolute atomic E-state index is 14.3. The summed E-state index contributed by atoms with van der Waals surface area (Å²) in [5.41, 5.74) is 0.839. The normalized spacial score (nSPS) is 19.0. The average Bonchev–Trinajstić information content (AvgIpc) is 2.94. The van der Waals surface area contributed by atoms with Crippen LogP contribution in [0.3, 0.4) is 0 Å². The number of hydrogen-bond donors (Lipinski definition) is 0. The molecular formula is C30H43NO6. The van der Waals surface area contributed by atoms with Crippen molar-refractivity contribution in [2.75, 3.05) is 34.0 Å². The van der Waals surface area contributed by atoms with Gasteiger partial charge in [0, 0.05) is 6.54 Å². The van der Waals surface area contributed by atoms with Crippen LogP contribution in [0.25, 0.3) is 0 Å². The Morgan fingerprint density at radius 1 is 0.946 bits per heavy atom. The van der Waals surface area contributed by atoms with Gasteiger partial charge in [-0.1, -0.05) is 31.4 Å². The quantitative estimate of drug-likeness (QED) is 0.188. The van der Waals surface area contributed by atoms with Crippen LogP contribution in [0.4, 0.5) is 0 Å². The van der Waals surface area contributed by atoms with Gasteiger partial charge >= 0.3 is 5.97 Å². The van der Waals surface area contributed by atoms with E-state index in [0.29, 0.717) is 49.7 Å². The highest BCUT2D eigenvalue weighted by Crippen LogP contribution is 2.45. The molecule has 0 aromatic heterocycles. The number of carbonyl (C=O) groups excluding carboxylic acids is 2. The van der Waals surface area contributed by atoms with Crippen LogP contribution in [0.1, 0.15) is 75.7 Å². The van der Waals surface area contributed by atoms with E-state index in [2.05, 4.69) is 13.2 Å². The van der Waals surface area contributed by atoms with Gasteiger partial charge < -0.3 is 23.8 Å². The number of piperidine rings is 1. The zero-order valence-electron chi connectivity index (χ0n) is 22.5.